The van der Waals surface area contributed by atoms with Crippen molar-refractivity contribution in [2.75, 3.05) is 25.0 Å². The van der Waals surface area contributed by atoms with E-state index >= 15 is 0 Å². The van der Waals surface area contributed by atoms with Gasteiger partial charge in [0.2, 0.25) is 0 Å². The van der Waals surface area contributed by atoms with Crippen LogP contribution in [0, 0.1) is 0 Å². The molecule has 1 aromatic carbocycles. The van der Waals surface area contributed by atoms with E-state index in [0.29, 0.717) is 0 Å². The maximum Gasteiger partial charge on any atom is 0.126 e. The summed E-state index contributed by atoms with van der Waals surface area (Å²) in [5.41, 5.74) is 8.30. The number of nitrogens with two attached hydrogens (primary N) is 1. The summed E-state index contributed by atoms with van der Waals surface area (Å²) >= 11 is 0. The van der Waals surface area contributed by atoms with Crippen LogP contribution in [0.15, 0.2) is 29.3 Å². The molecule has 2 aliphatic heterocycles. The van der Waals surface area contributed by atoms with Crippen molar-refractivity contribution in [2.45, 2.75) is 63.8 Å². The Morgan fingerprint density at radius 3 is 2.58 bits per heavy atom. The first-order chi connectivity index (χ1) is 11.7. The van der Waals surface area contributed by atoms with Crippen LogP contribution in [0.4, 0.5) is 11.4 Å². The summed E-state index contributed by atoms with van der Waals surface area (Å²) in [6.07, 6.45) is 10.3. The average Bonchev–Trinajstić information content (AvgIpc) is 2.61. The molecule has 0 unspecified atom stereocenters. The van der Waals surface area contributed by atoms with Gasteiger partial charge in [-0.1, -0.05) is 51.2 Å². The molecule has 0 aromatic heterocycles. The second-order valence-corrected chi connectivity index (χ2v) is 7.33. The van der Waals surface area contributed by atoms with E-state index < -0.39 is 0 Å². The van der Waals surface area contributed by atoms with Crippen LogP contribution in [0.5, 0.6) is 0 Å². The molecule has 132 valence electrons. The van der Waals surface area contributed by atoms with Crippen molar-refractivity contribution in [3.05, 3.63) is 24.3 Å². The summed E-state index contributed by atoms with van der Waals surface area (Å²) in [5, 5.41) is 3.69. The van der Waals surface area contributed by atoms with Gasteiger partial charge in [-0.2, -0.15) is 0 Å². The Morgan fingerprint density at radius 1 is 1.08 bits per heavy atom. The number of benzene rings is 1. The lowest BCUT2D eigenvalue weighted by molar-refractivity contribution is 0.196. The summed E-state index contributed by atoms with van der Waals surface area (Å²) < 4.78 is 0. The zero-order valence-electron chi connectivity index (χ0n) is 15.1. The number of hydrogen-bond acceptors (Lipinski definition) is 4. The van der Waals surface area contributed by atoms with Gasteiger partial charge >= 0.3 is 0 Å². The number of para-hydroxylation sites is 2. The lowest BCUT2D eigenvalue weighted by Crippen LogP contribution is -2.58. The van der Waals surface area contributed by atoms with E-state index in [2.05, 4.69) is 34.3 Å². The van der Waals surface area contributed by atoms with Crippen LogP contribution >= 0.6 is 0 Å². The van der Waals surface area contributed by atoms with Crippen molar-refractivity contribution >= 4 is 17.2 Å². The highest BCUT2D eigenvalue weighted by Crippen LogP contribution is 2.37. The Morgan fingerprint density at radius 2 is 1.79 bits per heavy atom. The molecule has 0 saturated carbocycles. The van der Waals surface area contributed by atoms with Crippen LogP contribution in [0.1, 0.15) is 58.3 Å². The minimum atomic E-state index is -0.133. The molecule has 1 spiro atoms. The molecule has 4 heteroatoms. The first-order valence-electron chi connectivity index (χ1n) is 9.68. The molecule has 0 amide bonds. The van der Waals surface area contributed by atoms with E-state index in [0.717, 1.165) is 43.1 Å². The number of likely N-dealkylation sites (tertiary alicyclic amines) is 1. The number of anilines is 1. The molecule has 0 aliphatic carbocycles. The Hall–Kier alpha value is -1.55. The highest BCUT2D eigenvalue weighted by molar-refractivity contribution is 5.99. The van der Waals surface area contributed by atoms with Crippen LogP contribution in [-0.4, -0.2) is 35.9 Å². The van der Waals surface area contributed by atoms with E-state index in [1.165, 1.54) is 45.1 Å². The molecule has 3 N–H and O–H groups in total. The number of nitrogens with one attached hydrogen (secondary N) is 1. The molecule has 2 aliphatic rings. The van der Waals surface area contributed by atoms with Gasteiger partial charge in [0.05, 0.1) is 16.9 Å². The second-order valence-electron chi connectivity index (χ2n) is 7.33. The topological polar surface area (TPSA) is 53.6 Å². The third kappa shape index (κ3) is 3.92. The molecule has 4 nitrogen and oxygen atoms in total. The number of unbranched alkanes of at least 4 members (excludes halogenated alkanes) is 5. The quantitative estimate of drug-likeness (QED) is 0.734. The number of fused-ring (bicyclic) bond motifs is 1. The number of amidine groups is 1. The largest absolute Gasteiger partial charge is 0.385 e. The van der Waals surface area contributed by atoms with Crippen molar-refractivity contribution in [3.63, 3.8) is 0 Å². The normalized spacial score (nSPS) is 19.6. The zero-order chi connectivity index (χ0) is 16.8. The molecule has 0 atom stereocenters. The smallest absolute Gasteiger partial charge is 0.126 e. The van der Waals surface area contributed by atoms with Crippen molar-refractivity contribution in [1.82, 2.24) is 4.90 Å². The standard InChI is InChI=1S/C20H32N4/c1-2-3-4-5-6-9-14-24-15-12-20(13-16-24)19(21)22-17-10-7-8-11-18(17)23-20/h7-8,10-11,23H,2-6,9,12-16H2,1H3,(H2,21,22). The van der Waals surface area contributed by atoms with Gasteiger partial charge in [0.15, 0.2) is 0 Å². The number of rotatable bonds is 7. The highest BCUT2D eigenvalue weighted by atomic mass is 15.2. The van der Waals surface area contributed by atoms with Gasteiger partial charge in [0.1, 0.15) is 5.84 Å². The van der Waals surface area contributed by atoms with E-state index in [1.54, 1.807) is 0 Å². The first-order valence-corrected chi connectivity index (χ1v) is 9.68. The summed E-state index contributed by atoms with van der Waals surface area (Å²) in [7, 11) is 0. The Balaban J connectivity index is 1.47. The van der Waals surface area contributed by atoms with Crippen molar-refractivity contribution < 1.29 is 0 Å². The van der Waals surface area contributed by atoms with Crippen LogP contribution in [0.25, 0.3) is 0 Å². The minimum absolute atomic E-state index is 0.133. The average molecular weight is 329 g/mol. The predicted molar refractivity (Wildman–Crippen MR) is 103 cm³/mol. The molecule has 2 heterocycles. The van der Waals surface area contributed by atoms with E-state index in [4.69, 9.17) is 5.73 Å². The Kier molecular flexibility index (Phi) is 5.77. The van der Waals surface area contributed by atoms with Gasteiger partial charge in [-0.25, -0.2) is 4.99 Å². The second kappa shape index (κ2) is 8.02. The number of hydrogen-bond donors (Lipinski definition) is 2. The first kappa shape index (κ1) is 17.3. The fourth-order valence-electron chi connectivity index (χ4n) is 3.89. The SMILES string of the molecule is CCCCCCCCN1CCC2(CC1)Nc1ccccc1N=C2N. The van der Waals surface area contributed by atoms with Gasteiger partial charge in [-0.15, -0.1) is 0 Å². The Bertz CT molecular complexity index is 559. The van der Waals surface area contributed by atoms with Gasteiger partial charge in [0, 0.05) is 13.1 Å². The van der Waals surface area contributed by atoms with Crippen LogP contribution in [0.3, 0.4) is 0 Å². The van der Waals surface area contributed by atoms with E-state index in [-0.39, 0.29) is 5.54 Å². The summed E-state index contributed by atoms with van der Waals surface area (Å²) in [5.74, 6) is 0.764. The number of aliphatic imine (C=N–C) groups is 1. The van der Waals surface area contributed by atoms with E-state index in [9.17, 15) is 0 Å². The fourth-order valence-corrected chi connectivity index (χ4v) is 3.89. The predicted octanol–water partition coefficient (Wildman–Crippen LogP) is 4.30. The highest BCUT2D eigenvalue weighted by Gasteiger charge is 2.40. The molecule has 1 fully saturated rings. The number of nitrogens with zero attached hydrogens (tertiary/aromatic N) is 2. The maximum absolute atomic E-state index is 6.34. The molecule has 3 rings (SSSR count). The van der Waals surface area contributed by atoms with Gasteiger partial charge < -0.3 is 16.0 Å². The molecule has 0 bridgehead atoms. The monoisotopic (exact) mass is 328 g/mol. The molecule has 24 heavy (non-hydrogen) atoms. The van der Waals surface area contributed by atoms with Crippen LogP contribution in [0.2, 0.25) is 0 Å². The molecule has 0 radical (unpaired) electrons. The lowest BCUT2D eigenvalue weighted by atomic mass is 9.84. The van der Waals surface area contributed by atoms with Crippen molar-refractivity contribution in [1.29, 1.82) is 0 Å². The van der Waals surface area contributed by atoms with Crippen LogP contribution < -0.4 is 11.1 Å². The van der Waals surface area contributed by atoms with Gasteiger partial charge in [-0.05, 0) is 37.9 Å². The van der Waals surface area contributed by atoms with E-state index in [1.807, 2.05) is 12.1 Å². The molecular formula is C20H32N4. The molecule has 1 saturated heterocycles. The van der Waals surface area contributed by atoms with Gasteiger partial charge in [-0.3, -0.25) is 0 Å². The van der Waals surface area contributed by atoms with Crippen molar-refractivity contribution in [2.24, 2.45) is 10.7 Å². The lowest BCUT2D eigenvalue weighted by Gasteiger charge is -2.44. The minimum Gasteiger partial charge on any atom is -0.385 e. The zero-order valence-corrected chi connectivity index (χ0v) is 15.1. The fraction of sp³-hybridized carbons (Fsp3) is 0.650. The summed E-state index contributed by atoms with van der Waals surface area (Å²) in [6.45, 7) is 5.73. The molecular weight excluding hydrogens is 296 g/mol. The number of piperidine rings is 1. The van der Waals surface area contributed by atoms with Crippen molar-refractivity contribution in [3.8, 4) is 0 Å². The molecule has 1 aromatic rings. The summed E-state index contributed by atoms with van der Waals surface area (Å²) in [4.78, 5) is 7.26. The third-order valence-corrected chi connectivity index (χ3v) is 5.55. The van der Waals surface area contributed by atoms with Crippen LogP contribution in [-0.2, 0) is 0 Å². The third-order valence-electron chi connectivity index (χ3n) is 5.55. The summed E-state index contributed by atoms with van der Waals surface area (Å²) in [6, 6.07) is 8.20. The van der Waals surface area contributed by atoms with Gasteiger partial charge in [0.25, 0.3) is 0 Å². The maximum atomic E-state index is 6.34. The Labute approximate surface area is 146 Å².